The van der Waals surface area contributed by atoms with Gasteiger partial charge in [0.25, 0.3) is 5.69 Å². The number of rotatable bonds is 3. The Balaban J connectivity index is 2.30. The summed E-state index contributed by atoms with van der Waals surface area (Å²) in [5.41, 5.74) is -0.281. The summed E-state index contributed by atoms with van der Waals surface area (Å²) in [5, 5.41) is 11.1. The fraction of sp³-hybridized carbons (Fsp3) is 0. The van der Waals surface area contributed by atoms with Crippen LogP contribution in [0.1, 0.15) is 0 Å². The average molecular weight is 251 g/mol. The number of non-ortho nitro benzene ring substituents is 1. The maximum Gasteiger partial charge on any atom is 0.273 e. The molecule has 7 heteroatoms. The van der Waals surface area contributed by atoms with Gasteiger partial charge in [0.2, 0.25) is 0 Å². The third-order valence-corrected chi connectivity index (χ3v) is 2.72. The third kappa shape index (κ3) is 2.97. The highest BCUT2D eigenvalue weighted by Crippen LogP contribution is 2.29. The second-order valence-electron chi connectivity index (χ2n) is 3.05. The molecule has 1 aromatic heterocycles. The zero-order valence-electron chi connectivity index (χ0n) is 8.41. The number of benzene rings is 1. The number of nitro benzene ring substituents is 1. The van der Waals surface area contributed by atoms with Crippen LogP contribution in [0.4, 0.5) is 10.1 Å². The van der Waals surface area contributed by atoms with E-state index in [1.165, 1.54) is 30.7 Å². The molecule has 0 saturated heterocycles. The number of nitro groups is 1. The van der Waals surface area contributed by atoms with E-state index in [2.05, 4.69) is 9.97 Å². The number of aromatic nitrogens is 2. The van der Waals surface area contributed by atoms with Gasteiger partial charge in [-0.1, -0.05) is 11.8 Å². The Morgan fingerprint density at radius 2 is 2.12 bits per heavy atom. The highest BCUT2D eigenvalue weighted by atomic mass is 32.2. The van der Waals surface area contributed by atoms with Crippen LogP contribution in [0, 0.1) is 15.9 Å². The second-order valence-corrected chi connectivity index (χ2v) is 4.14. The van der Waals surface area contributed by atoms with Gasteiger partial charge in [-0.2, -0.15) is 0 Å². The minimum atomic E-state index is -0.648. The first-order valence-electron chi connectivity index (χ1n) is 4.54. The molecule has 0 atom stereocenters. The molecule has 0 amide bonds. The van der Waals surface area contributed by atoms with E-state index >= 15 is 0 Å². The van der Waals surface area contributed by atoms with Crippen LogP contribution >= 0.6 is 11.8 Å². The highest BCUT2D eigenvalue weighted by Gasteiger charge is 2.10. The molecule has 0 aliphatic carbocycles. The Morgan fingerprint density at radius 1 is 1.29 bits per heavy atom. The molecule has 0 spiro atoms. The lowest BCUT2D eigenvalue weighted by molar-refractivity contribution is -0.385. The first kappa shape index (κ1) is 11.5. The highest BCUT2D eigenvalue weighted by molar-refractivity contribution is 7.99. The molecule has 0 saturated carbocycles. The molecule has 0 radical (unpaired) electrons. The van der Waals surface area contributed by atoms with Crippen molar-refractivity contribution in [2.45, 2.75) is 9.92 Å². The first-order valence-corrected chi connectivity index (χ1v) is 5.35. The molecule has 0 fully saturated rings. The van der Waals surface area contributed by atoms with Crippen molar-refractivity contribution >= 4 is 17.4 Å². The van der Waals surface area contributed by atoms with Crippen LogP contribution in [0.5, 0.6) is 0 Å². The fourth-order valence-electron chi connectivity index (χ4n) is 1.17. The summed E-state index contributed by atoms with van der Waals surface area (Å²) in [5.74, 6) is -0.648. The lowest BCUT2D eigenvalue weighted by atomic mass is 10.3. The van der Waals surface area contributed by atoms with Gasteiger partial charge in [0.15, 0.2) is 0 Å². The molecule has 1 aromatic carbocycles. The molecule has 2 aromatic rings. The predicted molar refractivity (Wildman–Crippen MR) is 59.2 cm³/mol. The molecule has 0 aliphatic heterocycles. The topological polar surface area (TPSA) is 68.9 Å². The van der Waals surface area contributed by atoms with Gasteiger partial charge in [0, 0.05) is 23.4 Å². The Hall–Kier alpha value is -2.02. The first-order chi connectivity index (χ1) is 8.15. The Kier molecular flexibility index (Phi) is 3.29. The van der Waals surface area contributed by atoms with Gasteiger partial charge in [-0.15, -0.1) is 0 Å². The zero-order valence-corrected chi connectivity index (χ0v) is 9.22. The van der Waals surface area contributed by atoms with Crippen LogP contribution in [-0.2, 0) is 0 Å². The maximum absolute atomic E-state index is 13.1. The van der Waals surface area contributed by atoms with E-state index in [1.54, 1.807) is 0 Å². The Bertz CT molecular complexity index is 551. The van der Waals surface area contributed by atoms with E-state index in [4.69, 9.17) is 0 Å². The van der Waals surface area contributed by atoms with Gasteiger partial charge in [-0.05, 0) is 6.07 Å². The summed E-state index contributed by atoms with van der Waals surface area (Å²) >= 11 is 1.12. The zero-order chi connectivity index (χ0) is 12.3. The molecular weight excluding hydrogens is 245 g/mol. The minimum absolute atomic E-state index is 0.281. The summed E-state index contributed by atoms with van der Waals surface area (Å²) in [7, 11) is 0. The second kappa shape index (κ2) is 4.88. The largest absolute Gasteiger partial charge is 0.273 e. The summed E-state index contributed by atoms with van der Waals surface area (Å²) < 4.78 is 13.1. The van der Waals surface area contributed by atoms with Gasteiger partial charge < -0.3 is 0 Å². The molecule has 1 heterocycles. The van der Waals surface area contributed by atoms with E-state index in [0.717, 1.165) is 17.8 Å². The molecule has 86 valence electrons. The summed E-state index contributed by atoms with van der Waals surface area (Å²) in [6, 6.07) is 3.38. The van der Waals surface area contributed by atoms with E-state index in [0.29, 0.717) is 9.92 Å². The Morgan fingerprint density at radius 3 is 2.76 bits per heavy atom. The number of nitrogens with zero attached hydrogens (tertiary/aromatic N) is 3. The average Bonchev–Trinajstić information content (AvgIpc) is 2.29. The number of hydrogen-bond acceptors (Lipinski definition) is 5. The summed E-state index contributed by atoms with van der Waals surface area (Å²) in [6.45, 7) is 0. The van der Waals surface area contributed by atoms with Crippen LogP contribution in [-0.4, -0.2) is 14.9 Å². The van der Waals surface area contributed by atoms with Crippen molar-refractivity contribution in [1.82, 2.24) is 9.97 Å². The Labute approximate surface area is 99.9 Å². The summed E-state index contributed by atoms with van der Waals surface area (Å²) in [6.07, 6.45) is 4.51. The van der Waals surface area contributed by atoms with E-state index in [1.807, 2.05) is 0 Å². The smallest absolute Gasteiger partial charge is 0.260 e. The molecule has 17 heavy (non-hydrogen) atoms. The van der Waals surface area contributed by atoms with Crippen LogP contribution in [0.2, 0.25) is 0 Å². The van der Waals surface area contributed by atoms with Gasteiger partial charge in [0.05, 0.1) is 17.2 Å². The predicted octanol–water partition coefficient (Wildman–Crippen LogP) is 2.68. The number of halogens is 1. The standard InChI is InChI=1S/C10H6FN3O2S/c11-7-3-8(14(15)16)5-9(4-7)17-10-6-12-1-2-13-10/h1-6H. The lowest BCUT2D eigenvalue weighted by Gasteiger charge is -2.00. The molecule has 0 unspecified atom stereocenters. The SMILES string of the molecule is O=[N+]([O-])c1cc(F)cc(Sc2cnccn2)c1. The maximum atomic E-state index is 13.1. The molecule has 0 aliphatic rings. The number of hydrogen-bond donors (Lipinski definition) is 0. The van der Waals surface area contributed by atoms with Crippen LogP contribution in [0.15, 0.2) is 46.7 Å². The summed E-state index contributed by atoms with van der Waals surface area (Å²) in [4.78, 5) is 18.2. The van der Waals surface area contributed by atoms with Crippen molar-refractivity contribution in [3.63, 3.8) is 0 Å². The molecule has 5 nitrogen and oxygen atoms in total. The van der Waals surface area contributed by atoms with E-state index in [9.17, 15) is 14.5 Å². The van der Waals surface area contributed by atoms with Crippen LogP contribution in [0.25, 0.3) is 0 Å². The minimum Gasteiger partial charge on any atom is -0.260 e. The molecule has 0 N–H and O–H groups in total. The van der Waals surface area contributed by atoms with E-state index in [-0.39, 0.29) is 5.69 Å². The lowest BCUT2D eigenvalue weighted by Crippen LogP contribution is -1.90. The van der Waals surface area contributed by atoms with Gasteiger partial charge in [-0.3, -0.25) is 15.1 Å². The van der Waals surface area contributed by atoms with E-state index < -0.39 is 10.7 Å². The van der Waals surface area contributed by atoms with Gasteiger partial charge >= 0.3 is 0 Å². The van der Waals surface area contributed by atoms with Crippen molar-refractivity contribution < 1.29 is 9.31 Å². The van der Waals surface area contributed by atoms with Crippen molar-refractivity contribution in [1.29, 1.82) is 0 Å². The quantitative estimate of drug-likeness (QED) is 0.619. The third-order valence-electron chi connectivity index (χ3n) is 1.83. The van der Waals surface area contributed by atoms with Crippen LogP contribution < -0.4 is 0 Å². The van der Waals surface area contributed by atoms with Gasteiger partial charge in [0.1, 0.15) is 10.8 Å². The normalized spacial score (nSPS) is 10.2. The molecule has 2 rings (SSSR count). The van der Waals surface area contributed by atoms with Crippen molar-refractivity contribution in [2.75, 3.05) is 0 Å². The molecular formula is C10H6FN3O2S. The van der Waals surface area contributed by atoms with Crippen LogP contribution in [0.3, 0.4) is 0 Å². The molecule has 0 bridgehead atoms. The fourth-order valence-corrected chi connectivity index (χ4v) is 1.99. The van der Waals surface area contributed by atoms with Crippen molar-refractivity contribution in [3.8, 4) is 0 Å². The van der Waals surface area contributed by atoms with Crippen molar-refractivity contribution in [2.24, 2.45) is 0 Å². The monoisotopic (exact) mass is 251 g/mol. The van der Waals surface area contributed by atoms with Crippen molar-refractivity contribution in [3.05, 3.63) is 52.7 Å². The van der Waals surface area contributed by atoms with Gasteiger partial charge in [-0.25, -0.2) is 9.37 Å².